The van der Waals surface area contributed by atoms with Crippen LogP contribution in [0.15, 0.2) is 41.7 Å². The van der Waals surface area contributed by atoms with Crippen LogP contribution in [0.4, 0.5) is 0 Å². The molecule has 1 aliphatic rings. The van der Waals surface area contributed by atoms with Gasteiger partial charge in [-0.2, -0.15) is 5.26 Å². The third-order valence-corrected chi connectivity index (χ3v) is 3.42. The molecule has 0 fully saturated rings. The van der Waals surface area contributed by atoms with Crippen LogP contribution in [0.25, 0.3) is 0 Å². The van der Waals surface area contributed by atoms with E-state index in [9.17, 15) is 15.2 Å². The first-order chi connectivity index (χ1) is 8.65. The van der Waals surface area contributed by atoms with Crippen LogP contribution in [-0.4, -0.2) is 10.9 Å². The fraction of sp³-hybridized carbons (Fsp3) is 0.333. The smallest absolute Gasteiger partial charge is 0.159 e. The van der Waals surface area contributed by atoms with E-state index in [1.54, 1.807) is 0 Å². The second-order valence-electron chi connectivity index (χ2n) is 4.58. The highest BCUT2D eigenvalue weighted by atomic mass is 16.3. The fourth-order valence-electron chi connectivity index (χ4n) is 2.59. The number of aliphatic hydroxyl groups is 1. The molecule has 1 aliphatic carbocycles. The van der Waals surface area contributed by atoms with Crippen molar-refractivity contribution in [1.82, 2.24) is 0 Å². The van der Waals surface area contributed by atoms with E-state index in [1.807, 2.05) is 30.3 Å². The van der Waals surface area contributed by atoms with Gasteiger partial charge in [-0.25, -0.2) is 0 Å². The molecule has 0 aromatic heterocycles. The molecule has 2 rings (SSSR count). The number of hydrogen-bond donors (Lipinski definition) is 1. The zero-order valence-electron chi connectivity index (χ0n) is 10.3. The van der Waals surface area contributed by atoms with Gasteiger partial charge >= 0.3 is 0 Å². The Hall–Kier alpha value is -2.08. The highest BCUT2D eigenvalue weighted by molar-refractivity contribution is 5.95. The zero-order chi connectivity index (χ0) is 13.1. The van der Waals surface area contributed by atoms with Gasteiger partial charge in [-0.1, -0.05) is 30.3 Å². The van der Waals surface area contributed by atoms with Crippen LogP contribution < -0.4 is 0 Å². The summed E-state index contributed by atoms with van der Waals surface area (Å²) in [5, 5.41) is 19.2. The van der Waals surface area contributed by atoms with Crippen molar-refractivity contribution in [1.29, 1.82) is 5.26 Å². The molecule has 0 saturated carbocycles. The second-order valence-corrected chi connectivity index (χ2v) is 4.58. The van der Waals surface area contributed by atoms with Crippen LogP contribution in [0.2, 0.25) is 0 Å². The maximum absolute atomic E-state index is 11.7. The maximum Gasteiger partial charge on any atom is 0.159 e. The summed E-state index contributed by atoms with van der Waals surface area (Å²) in [5.74, 6) is -0.561. The molecule has 3 nitrogen and oxygen atoms in total. The largest absolute Gasteiger partial charge is 0.512 e. The van der Waals surface area contributed by atoms with Crippen LogP contribution in [-0.2, 0) is 4.79 Å². The molecule has 1 aromatic rings. The highest BCUT2D eigenvalue weighted by Crippen LogP contribution is 2.41. The number of benzene rings is 1. The Morgan fingerprint density at radius 3 is 2.61 bits per heavy atom. The Balaban J connectivity index is 2.53. The average molecular weight is 241 g/mol. The van der Waals surface area contributed by atoms with Gasteiger partial charge in [-0.15, -0.1) is 0 Å². The summed E-state index contributed by atoms with van der Waals surface area (Å²) >= 11 is 0. The van der Waals surface area contributed by atoms with Gasteiger partial charge < -0.3 is 5.11 Å². The monoisotopic (exact) mass is 241 g/mol. The van der Waals surface area contributed by atoms with Crippen LogP contribution in [0, 0.1) is 17.2 Å². The van der Waals surface area contributed by atoms with Gasteiger partial charge in [0.25, 0.3) is 0 Å². The summed E-state index contributed by atoms with van der Waals surface area (Å²) in [6.07, 6.45) is 1.01. The van der Waals surface area contributed by atoms with Crippen LogP contribution in [0.5, 0.6) is 0 Å². The number of nitrogens with zero attached hydrogens (tertiary/aromatic N) is 1. The molecule has 0 unspecified atom stereocenters. The van der Waals surface area contributed by atoms with Gasteiger partial charge in [0, 0.05) is 17.9 Å². The molecule has 18 heavy (non-hydrogen) atoms. The van der Waals surface area contributed by atoms with Crippen LogP contribution in [0.1, 0.15) is 31.2 Å². The average Bonchev–Trinajstić information content (AvgIpc) is 2.39. The van der Waals surface area contributed by atoms with Crippen molar-refractivity contribution in [3.8, 4) is 6.07 Å². The maximum atomic E-state index is 11.7. The molecular formula is C15H15NO2. The predicted molar refractivity (Wildman–Crippen MR) is 67.9 cm³/mol. The summed E-state index contributed by atoms with van der Waals surface area (Å²) in [5.41, 5.74) is 1.32. The third kappa shape index (κ3) is 2.14. The van der Waals surface area contributed by atoms with E-state index in [1.165, 1.54) is 6.92 Å². The molecule has 0 radical (unpaired) electrons. The molecular weight excluding hydrogens is 226 g/mol. The number of hydrogen-bond acceptors (Lipinski definition) is 3. The minimum absolute atomic E-state index is 0.142. The van der Waals surface area contributed by atoms with E-state index in [2.05, 4.69) is 6.07 Å². The standard InChI is InChI=1S/C15H15NO2/c1-10(17)14-13(18)8-7-12(9-16)15(14)11-5-3-2-4-6-11/h2-6,12,15,18H,7-8H2,1H3/t12-,15-/m0/s1. The summed E-state index contributed by atoms with van der Waals surface area (Å²) in [4.78, 5) is 11.7. The molecule has 0 saturated heterocycles. The van der Waals surface area contributed by atoms with E-state index in [0.29, 0.717) is 18.4 Å². The van der Waals surface area contributed by atoms with Gasteiger partial charge in [0.1, 0.15) is 0 Å². The lowest BCUT2D eigenvalue weighted by Crippen LogP contribution is -2.24. The van der Waals surface area contributed by atoms with Crippen LogP contribution in [0.3, 0.4) is 0 Å². The number of allylic oxidation sites excluding steroid dienone is 2. The van der Waals surface area contributed by atoms with Crippen molar-refractivity contribution in [3.05, 3.63) is 47.2 Å². The fourth-order valence-corrected chi connectivity index (χ4v) is 2.59. The number of carbonyl (C=O) groups excluding carboxylic acids is 1. The number of rotatable bonds is 2. The summed E-state index contributed by atoms with van der Waals surface area (Å²) in [7, 11) is 0. The minimum atomic E-state index is -0.303. The van der Waals surface area contributed by atoms with Gasteiger partial charge in [0.2, 0.25) is 0 Å². The van der Waals surface area contributed by atoms with E-state index in [-0.39, 0.29) is 23.4 Å². The Labute approximate surface area is 106 Å². The summed E-state index contributed by atoms with van der Waals surface area (Å²) in [6.45, 7) is 1.45. The van der Waals surface area contributed by atoms with Crippen molar-refractivity contribution < 1.29 is 9.90 Å². The van der Waals surface area contributed by atoms with Crippen LogP contribution >= 0.6 is 0 Å². The number of aliphatic hydroxyl groups excluding tert-OH is 1. The first-order valence-electron chi connectivity index (χ1n) is 6.02. The zero-order valence-corrected chi connectivity index (χ0v) is 10.3. The molecule has 0 aliphatic heterocycles. The second kappa shape index (κ2) is 5.05. The summed E-state index contributed by atoms with van der Waals surface area (Å²) < 4.78 is 0. The number of nitriles is 1. The first-order valence-corrected chi connectivity index (χ1v) is 6.02. The molecule has 1 aromatic carbocycles. The van der Waals surface area contributed by atoms with Gasteiger partial charge in [-0.3, -0.25) is 4.79 Å². The SMILES string of the molecule is CC(=O)C1=C(O)CC[C@@H](C#N)[C@@H]1c1ccccc1. The van der Waals surface area contributed by atoms with Gasteiger partial charge in [0.05, 0.1) is 17.7 Å². The lowest BCUT2D eigenvalue weighted by Gasteiger charge is -2.29. The van der Waals surface area contributed by atoms with E-state index < -0.39 is 0 Å². The molecule has 2 atom stereocenters. The number of Topliss-reactive ketones (excluding diaryl/α,β-unsaturated/α-hetero) is 1. The topological polar surface area (TPSA) is 61.1 Å². The normalized spacial score (nSPS) is 23.6. The molecule has 0 amide bonds. The molecule has 3 heteroatoms. The minimum Gasteiger partial charge on any atom is -0.512 e. The number of ketones is 1. The third-order valence-electron chi connectivity index (χ3n) is 3.42. The van der Waals surface area contributed by atoms with Crippen molar-refractivity contribution in [2.45, 2.75) is 25.7 Å². The van der Waals surface area contributed by atoms with E-state index >= 15 is 0 Å². The molecule has 92 valence electrons. The number of carbonyl (C=O) groups is 1. The lowest BCUT2D eigenvalue weighted by molar-refractivity contribution is -0.114. The van der Waals surface area contributed by atoms with E-state index in [4.69, 9.17) is 0 Å². The quantitative estimate of drug-likeness (QED) is 0.865. The lowest BCUT2D eigenvalue weighted by atomic mass is 9.73. The molecule has 0 heterocycles. The Morgan fingerprint density at radius 1 is 1.39 bits per heavy atom. The van der Waals surface area contributed by atoms with Gasteiger partial charge in [-0.05, 0) is 18.9 Å². The highest BCUT2D eigenvalue weighted by Gasteiger charge is 2.35. The Kier molecular flexibility index (Phi) is 3.47. The molecule has 1 N–H and O–H groups in total. The van der Waals surface area contributed by atoms with Crippen molar-refractivity contribution in [2.24, 2.45) is 5.92 Å². The molecule has 0 bridgehead atoms. The van der Waals surface area contributed by atoms with Crippen molar-refractivity contribution in [2.75, 3.05) is 0 Å². The Bertz CT molecular complexity index is 525. The first kappa shape index (κ1) is 12.4. The van der Waals surface area contributed by atoms with Gasteiger partial charge in [0.15, 0.2) is 5.78 Å². The predicted octanol–water partition coefficient (Wildman–Crippen LogP) is 3.10. The molecule has 0 spiro atoms. The summed E-state index contributed by atoms with van der Waals surface area (Å²) in [6, 6.07) is 11.7. The van der Waals surface area contributed by atoms with Crippen molar-refractivity contribution in [3.63, 3.8) is 0 Å². The van der Waals surface area contributed by atoms with Crippen molar-refractivity contribution >= 4 is 5.78 Å². The van der Waals surface area contributed by atoms with E-state index in [0.717, 1.165) is 5.56 Å². The Morgan fingerprint density at radius 2 is 2.06 bits per heavy atom.